The van der Waals surface area contributed by atoms with E-state index in [0.717, 1.165) is 75.2 Å². The average molecular weight is 1000 g/mol. The molecule has 0 N–H and O–H groups in total. The Bertz CT molecular complexity index is 3380. The van der Waals surface area contributed by atoms with Crippen LogP contribution in [0.4, 0.5) is 51.7 Å². The summed E-state index contributed by atoms with van der Waals surface area (Å²) in [5, 5.41) is 0. The minimum atomic E-state index is -0.166. The molecular weight excluding hydrogens is 922 g/mol. The summed E-state index contributed by atoms with van der Waals surface area (Å²) in [6.07, 6.45) is 2.25. The van der Waals surface area contributed by atoms with E-state index < -0.39 is 0 Å². The smallest absolute Gasteiger partial charge is 0.256 e. The number of benzene rings is 7. The molecule has 3 aliphatic rings. The van der Waals surface area contributed by atoms with E-state index in [1.807, 2.05) is 0 Å². The highest BCUT2D eigenvalue weighted by atomic mass is 15.3. The molecule has 0 radical (unpaired) electrons. The number of rotatable bonds is 6. The molecule has 8 aromatic rings. The monoisotopic (exact) mass is 1000 g/mol. The third kappa shape index (κ3) is 8.84. The Labute approximate surface area is 455 Å². The molecule has 11 rings (SSSR count). The van der Waals surface area contributed by atoms with Crippen molar-refractivity contribution in [3.05, 3.63) is 191 Å². The van der Waals surface area contributed by atoms with E-state index in [2.05, 4.69) is 283 Å². The Morgan fingerprint density at radius 2 is 0.882 bits per heavy atom. The van der Waals surface area contributed by atoms with Gasteiger partial charge in [0.2, 0.25) is 5.95 Å². The van der Waals surface area contributed by atoms with Crippen LogP contribution in [0.25, 0.3) is 11.1 Å². The normalized spacial score (nSPS) is 15.7. The molecular formula is C70H78BN5. The quantitative estimate of drug-likeness (QED) is 0.155. The van der Waals surface area contributed by atoms with E-state index in [0.29, 0.717) is 5.95 Å². The second-order valence-corrected chi connectivity index (χ2v) is 27.5. The highest BCUT2D eigenvalue weighted by Crippen LogP contribution is 2.51. The Balaban J connectivity index is 1.29. The van der Waals surface area contributed by atoms with E-state index >= 15 is 0 Å². The number of nitrogens with zero attached hydrogens (tertiary/aromatic N) is 5. The van der Waals surface area contributed by atoms with Crippen molar-refractivity contribution in [3.63, 3.8) is 0 Å². The zero-order valence-electron chi connectivity index (χ0n) is 48.2. The SMILES string of the molecule is CC(C)(C)c1ccc(N2c3ccc(C(C)(C)C)cc3B3c4cc(C(C)(C)C)ccc4N(c4ccc(C(C)(C)C)cc4)c4nc(N(c5ccc6c(c5)C(C)(C)CCC6(C)C)c5ccccc5-c5ccccc5)nc2c43)cc1. The lowest BCUT2D eigenvalue weighted by molar-refractivity contribution is 0.332. The number of hydrogen-bond acceptors (Lipinski definition) is 5. The summed E-state index contributed by atoms with van der Waals surface area (Å²) < 4.78 is 0. The molecule has 0 spiro atoms. The van der Waals surface area contributed by atoms with Crippen LogP contribution in [0, 0.1) is 0 Å². The van der Waals surface area contributed by atoms with Crippen LogP contribution in [0.2, 0.25) is 0 Å². The van der Waals surface area contributed by atoms with Crippen LogP contribution in [0.3, 0.4) is 0 Å². The number of para-hydroxylation sites is 1. The van der Waals surface area contributed by atoms with Crippen LogP contribution in [0.15, 0.2) is 158 Å². The lowest BCUT2D eigenvalue weighted by atomic mass is 9.33. The highest BCUT2D eigenvalue weighted by molar-refractivity contribution is 7.00. The molecule has 0 bridgehead atoms. The predicted molar refractivity (Wildman–Crippen MR) is 326 cm³/mol. The van der Waals surface area contributed by atoms with Gasteiger partial charge in [-0.1, -0.05) is 214 Å². The molecule has 0 amide bonds. The van der Waals surface area contributed by atoms with Gasteiger partial charge in [-0.05, 0) is 150 Å². The molecule has 1 aromatic heterocycles. The highest BCUT2D eigenvalue weighted by Gasteiger charge is 2.47. The Morgan fingerprint density at radius 3 is 1.36 bits per heavy atom. The first-order valence-electron chi connectivity index (χ1n) is 27.8. The molecule has 5 nitrogen and oxygen atoms in total. The van der Waals surface area contributed by atoms with Crippen molar-refractivity contribution in [2.45, 2.75) is 156 Å². The zero-order valence-corrected chi connectivity index (χ0v) is 48.2. The van der Waals surface area contributed by atoms with Crippen molar-refractivity contribution in [3.8, 4) is 11.1 Å². The van der Waals surface area contributed by atoms with E-state index in [1.54, 1.807) is 0 Å². The summed E-state index contributed by atoms with van der Waals surface area (Å²) in [5.41, 5.74) is 20.1. The second-order valence-electron chi connectivity index (χ2n) is 27.5. The first-order chi connectivity index (χ1) is 35.7. The summed E-state index contributed by atoms with van der Waals surface area (Å²) >= 11 is 0. The van der Waals surface area contributed by atoms with Crippen molar-refractivity contribution >= 4 is 74.8 Å². The summed E-state index contributed by atoms with van der Waals surface area (Å²) in [6.45, 7) is 37.2. The standard InChI is InChI=1S/C70H78BN5/c1-65(2,3)46-26-32-50(33-27-46)74-59-38-30-48(67(7,8)9)42-56(59)71-57-43-49(68(10,11)12)31-39-60(57)75(51-34-28-47(29-35-51)66(4,5)6)63-61(71)62(74)72-64(73-63)76(58-25-21-20-24-53(58)45-22-18-17-19-23-45)52-36-37-54-55(44-52)70(15,16)41-40-69(54,13)14/h17-39,42-44H,40-41H2,1-16H3. The summed E-state index contributed by atoms with van der Waals surface area (Å²) in [6, 6.07) is 59.8. The van der Waals surface area contributed by atoms with Crippen LogP contribution in [-0.4, -0.2) is 16.7 Å². The fourth-order valence-corrected chi connectivity index (χ4v) is 12.1. The van der Waals surface area contributed by atoms with Gasteiger partial charge in [-0.25, -0.2) is 0 Å². The molecule has 76 heavy (non-hydrogen) atoms. The third-order valence-corrected chi connectivity index (χ3v) is 17.0. The largest absolute Gasteiger partial charge is 0.296 e. The van der Waals surface area contributed by atoms with Gasteiger partial charge in [-0.3, -0.25) is 14.7 Å². The number of fused-ring (bicyclic) bond motifs is 5. The molecule has 1 aliphatic carbocycles. The first kappa shape index (κ1) is 51.2. The van der Waals surface area contributed by atoms with Crippen LogP contribution < -0.4 is 31.1 Å². The van der Waals surface area contributed by atoms with Crippen LogP contribution in [-0.2, 0) is 32.5 Å². The maximum Gasteiger partial charge on any atom is 0.256 e. The molecule has 2 aliphatic heterocycles. The molecule has 7 aromatic carbocycles. The van der Waals surface area contributed by atoms with Gasteiger partial charge in [0.15, 0.2) is 0 Å². The molecule has 3 heterocycles. The molecule has 0 fully saturated rings. The summed E-state index contributed by atoms with van der Waals surface area (Å²) in [4.78, 5) is 19.5. The average Bonchev–Trinajstić information content (AvgIpc) is 3.57. The lowest BCUT2D eigenvalue weighted by Gasteiger charge is -2.44. The maximum atomic E-state index is 6.10. The Hall–Kier alpha value is -6.92. The van der Waals surface area contributed by atoms with Crippen molar-refractivity contribution in [2.24, 2.45) is 0 Å². The fraction of sp³-hybridized carbons (Fsp3) is 0.343. The molecule has 0 atom stereocenters. The summed E-state index contributed by atoms with van der Waals surface area (Å²) in [7, 11) is 0. The second kappa shape index (κ2) is 17.8. The Kier molecular flexibility index (Phi) is 12.0. The van der Waals surface area contributed by atoms with Gasteiger partial charge in [-0.2, -0.15) is 9.97 Å². The van der Waals surface area contributed by atoms with Crippen LogP contribution in [0.1, 0.15) is 157 Å². The first-order valence-corrected chi connectivity index (χ1v) is 27.8. The molecule has 6 heteroatoms. The van der Waals surface area contributed by atoms with Crippen molar-refractivity contribution in [1.29, 1.82) is 0 Å². The molecule has 0 saturated heterocycles. The van der Waals surface area contributed by atoms with Gasteiger partial charge >= 0.3 is 0 Å². The zero-order chi connectivity index (χ0) is 54.1. The van der Waals surface area contributed by atoms with Crippen LogP contribution in [0.5, 0.6) is 0 Å². The molecule has 386 valence electrons. The van der Waals surface area contributed by atoms with Crippen molar-refractivity contribution in [1.82, 2.24) is 9.97 Å². The fourth-order valence-electron chi connectivity index (χ4n) is 12.1. The number of aromatic nitrogens is 2. The third-order valence-electron chi connectivity index (χ3n) is 17.0. The van der Waals surface area contributed by atoms with Gasteiger partial charge in [0, 0.05) is 39.5 Å². The van der Waals surface area contributed by atoms with E-state index in [1.165, 1.54) is 44.3 Å². The molecule has 0 saturated carbocycles. The lowest BCUT2D eigenvalue weighted by Crippen LogP contribution is -2.62. The van der Waals surface area contributed by atoms with Crippen molar-refractivity contribution in [2.75, 3.05) is 14.7 Å². The molecule has 0 unspecified atom stereocenters. The maximum absolute atomic E-state index is 6.10. The number of hydrogen-bond donors (Lipinski definition) is 0. The van der Waals surface area contributed by atoms with Gasteiger partial charge in [0.1, 0.15) is 11.6 Å². The van der Waals surface area contributed by atoms with Crippen molar-refractivity contribution < 1.29 is 0 Å². The van der Waals surface area contributed by atoms with E-state index in [9.17, 15) is 0 Å². The minimum Gasteiger partial charge on any atom is -0.296 e. The van der Waals surface area contributed by atoms with Crippen LogP contribution >= 0.6 is 0 Å². The van der Waals surface area contributed by atoms with Gasteiger partial charge < -0.3 is 0 Å². The van der Waals surface area contributed by atoms with Gasteiger partial charge in [-0.15, -0.1) is 0 Å². The van der Waals surface area contributed by atoms with Gasteiger partial charge in [0.25, 0.3) is 6.71 Å². The van der Waals surface area contributed by atoms with E-state index in [4.69, 9.17) is 9.97 Å². The predicted octanol–water partition coefficient (Wildman–Crippen LogP) is 17.2. The Morgan fingerprint density at radius 1 is 0.447 bits per heavy atom. The summed E-state index contributed by atoms with van der Waals surface area (Å²) in [5.74, 6) is 2.38. The number of anilines is 9. The topological polar surface area (TPSA) is 35.5 Å². The minimum absolute atomic E-state index is 0.0187. The van der Waals surface area contributed by atoms with Gasteiger partial charge in [0.05, 0.1) is 5.69 Å². The van der Waals surface area contributed by atoms with E-state index in [-0.39, 0.29) is 39.2 Å².